The van der Waals surface area contributed by atoms with E-state index in [0.29, 0.717) is 13.0 Å². The van der Waals surface area contributed by atoms with Gasteiger partial charge in [-0.2, -0.15) is 0 Å². The standard InChI is InChI=1S/C16H27N3O3/c1-15(2)12-10(6-5-9-22-12)16(15,17)14(21)19-11-7-3-4-8-18-13(11)20/h10-12H,3-9,17H2,1-2H3,(H,18,20)(H,19,21). The number of amides is 2. The maximum Gasteiger partial charge on any atom is 0.242 e. The summed E-state index contributed by atoms with van der Waals surface area (Å²) in [5.41, 5.74) is 5.19. The summed E-state index contributed by atoms with van der Waals surface area (Å²) in [4.78, 5) is 24.9. The van der Waals surface area contributed by atoms with Crippen molar-refractivity contribution in [2.24, 2.45) is 17.1 Å². The average Bonchev–Trinajstić information content (AvgIpc) is 2.71. The Balaban J connectivity index is 1.74. The first-order chi connectivity index (χ1) is 10.4. The first-order valence-corrected chi connectivity index (χ1v) is 8.38. The van der Waals surface area contributed by atoms with Crippen LogP contribution in [0, 0.1) is 11.3 Å². The van der Waals surface area contributed by atoms with Crippen LogP contribution in [-0.4, -0.2) is 42.7 Å². The number of carbonyl (C=O) groups excluding carboxylic acids is 2. The molecule has 6 heteroatoms. The van der Waals surface area contributed by atoms with Gasteiger partial charge in [-0.25, -0.2) is 0 Å². The van der Waals surface area contributed by atoms with Crippen LogP contribution < -0.4 is 16.4 Å². The summed E-state index contributed by atoms with van der Waals surface area (Å²) in [6, 6.07) is -0.463. The zero-order valence-electron chi connectivity index (χ0n) is 13.5. The number of fused-ring (bicyclic) bond motifs is 1. The highest BCUT2D eigenvalue weighted by Crippen LogP contribution is 2.57. The molecule has 1 saturated carbocycles. The van der Waals surface area contributed by atoms with E-state index in [1.54, 1.807) is 0 Å². The molecule has 2 heterocycles. The van der Waals surface area contributed by atoms with E-state index in [1.807, 2.05) is 13.8 Å². The molecule has 2 aliphatic heterocycles. The zero-order chi connectivity index (χ0) is 16.0. The Morgan fingerprint density at radius 3 is 2.86 bits per heavy atom. The number of hydrogen-bond acceptors (Lipinski definition) is 4. The second-order valence-corrected chi connectivity index (χ2v) is 7.44. The van der Waals surface area contributed by atoms with Gasteiger partial charge in [-0.15, -0.1) is 0 Å². The monoisotopic (exact) mass is 309 g/mol. The van der Waals surface area contributed by atoms with Crippen LogP contribution in [0.2, 0.25) is 0 Å². The number of nitrogens with two attached hydrogens (primary N) is 1. The lowest BCUT2D eigenvalue weighted by Gasteiger charge is -2.65. The third-order valence-corrected chi connectivity index (χ3v) is 5.90. The molecule has 4 atom stereocenters. The van der Waals surface area contributed by atoms with Gasteiger partial charge in [0.1, 0.15) is 11.6 Å². The van der Waals surface area contributed by atoms with Gasteiger partial charge in [0.2, 0.25) is 11.8 Å². The summed E-state index contributed by atoms with van der Waals surface area (Å²) in [6.07, 6.45) is 4.45. The first kappa shape index (κ1) is 15.7. The van der Waals surface area contributed by atoms with Gasteiger partial charge in [-0.1, -0.05) is 13.8 Å². The van der Waals surface area contributed by atoms with Crippen molar-refractivity contribution in [1.82, 2.24) is 10.6 Å². The number of hydrogen-bond donors (Lipinski definition) is 3. The van der Waals surface area contributed by atoms with Crippen molar-refractivity contribution in [3.63, 3.8) is 0 Å². The maximum atomic E-state index is 12.9. The molecule has 4 N–H and O–H groups in total. The molecule has 6 nitrogen and oxygen atoms in total. The summed E-state index contributed by atoms with van der Waals surface area (Å²) < 4.78 is 5.83. The van der Waals surface area contributed by atoms with E-state index >= 15 is 0 Å². The number of ether oxygens (including phenoxy) is 1. The minimum atomic E-state index is -0.954. The van der Waals surface area contributed by atoms with E-state index in [2.05, 4.69) is 10.6 Å². The summed E-state index contributed by atoms with van der Waals surface area (Å²) in [5.74, 6) is -0.251. The lowest BCUT2D eigenvalue weighted by molar-refractivity contribution is -0.225. The molecule has 2 saturated heterocycles. The van der Waals surface area contributed by atoms with Crippen LogP contribution >= 0.6 is 0 Å². The van der Waals surface area contributed by atoms with Gasteiger partial charge in [-0.3, -0.25) is 9.59 Å². The molecule has 3 rings (SSSR count). The molecular weight excluding hydrogens is 282 g/mol. The fourth-order valence-corrected chi connectivity index (χ4v) is 4.39. The van der Waals surface area contributed by atoms with Crippen molar-refractivity contribution in [3.05, 3.63) is 0 Å². The fourth-order valence-electron chi connectivity index (χ4n) is 4.39. The topological polar surface area (TPSA) is 93.4 Å². The van der Waals surface area contributed by atoms with E-state index in [9.17, 15) is 9.59 Å². The van der Waals surface area contributed by atoms with Gasteiger partial charge in [0.15, 0.2) is 0 Å². The van der Waals surface area contributed by atoms with Crippen LogP contribution in [0.25, 0.3) is 0 Å². The Labute approximate surface area is 131 Å². The van der Waals surface area contributed by atoms with E-state index in [0.717, 1.165) is 32.3 Å². The van der Waals surface area contributed by atoms with E-state index in [4.69, 9.17) is 10.5 Å². The Hall–Kier alpha value is -1.14. The molecule has 124 valence electrons. The van der Waals surface area contributed by atoms with Crippen molar-refractivity contribution in [3.8, 4) is 0 Å². The summed E-state index contributed by atoms with van der Waals surface area (Å²) in [6.45, 7) is 5.41. The second kappa shape index (κ2) is 5.49. The minimum Gasteiger partial charge on any atom is -0.377 e. The van der Waals surface area contributed by atoms with Crippen LogP contribution in [0.15, 0.2) is 0 Å². The van der Waals surface area contributed by atoms with Crippen LogP contribution in [-0.2, 0) is 14.3 Å². The largest absolute Gasteiger partial charge is 0.377 e. The van der Waals surface area contributed by atoms with Crippen LogP contribution in [0.3, 0.4) is 0 Å². The first-order valence-electron chi connectivity index (χ1n) is 8.38. The van der Waals surface area contributed by atoms with Crippen LogP contribution in [0.1, 0.15) is 46.0 Å². The Morgan fingerprint density at radius 1 is 1.32 bits per heavy atom. The van der Waals surface area contributed by atoms with Gasteiger partial charge in [0, 0.05) is 24.5 Å². The molecule has 0 aromatic carbocycles. The quantitative estimate of drug-likeness (QED) is 0.684. The van der Waals surface area contributed by atoms with Crippen molar-refractivity contribution < 1.29 is 14.3 Å². The van der Waals surface area contributed by atoms with Crippen molar-refractivity contribution >= 4 is 11.8 Å². The van der Waals surface area contributed by atoms with Crippen LogP contribution in [0.4, 0.5) is 0 Å². The normalized spacial score (nSPS) is 40.7. The SMILES string of the molecule is CC1(C)C2OCCCC2C1(N)C(=O)NC1CCCCNC1=O. The molecule has 0 radical (unpaired) electrons. The zero-order valence-corrected chi connectivity index (χ0v) is 13.5. The van der Waals surface area contributed by atoms with Gasteiger partial charge >= 0.3 is 0 Å². The highest BCUT2D eigenvalue weighted by Gasteiger charge is 2.70. The fraction of sp³-hybridized carbons (Fsp3) is 0.875. The average molecular weight is 309 g/mol. The van der Waals surface area contributed by atoms with E-state index in [-0.39, 0.29) is 23.8 Å². The molecule has 4 unspecified atom stereocenters. The Bertz CT molecular complexity index is 479. The molecule has 3 fully saturated rings. The molecule has 0 spiro atoms. The molecule has 0 aromatic rings. The van der Waals surface area contributed by atoms with Gasteiger partial charge in [-0.05, 0) is 32.1 Å². The summed E-state index contributed by atoms with van der Waals surface area (Å²) >= 11 is 0. The predicted octanol–water partition coefficient (Wildman–Crippen LogP) is 0.304. The lowest BCUT2D eigenvalue weighted by atomic mass is 9.46. The molecule has 0 aromatic heterocycles. The van der Waals surface area contributed by atoms with Crippen LogP contribution in [0.5, 0.6) is 0 Å². The highest BCUT2D eigenvalue weighted by atomic mass is 16.5. The minimum absolute atomic E-state index is 0.0416. The molecular formula is C16H27N3O3. The highest BCUT2D eigenvalue weighted by molar-refractivity contribution is 5.94. The summed E-state index contributed by atoms with van der Waals surface area (Å²) in [7, 11) is 0. The second-order valence-electron chi connectivity index (χ2n) is 7.44. The van der Waals surface area contributed by atoms with Gasteiger partial charge < -0.3 is 21.1 Å². The predicted molar refractivity (Wildman–Crippen MR) is 82.0 cm³/mol. The number of carbonyl (C=O) groups is 2. The third-order valence-electron chi connectivity index (χ3n) is 5.90. The summed E-state index contributed by atoms with van der Waals surface area (Å²) in [5, 5.41) is 5.75. The molecule has 1 aliphatic carbocycles. The van der Waals surface area contributed by atoms with E-state index in [1.165, 1.54) is 0 Å². The number of rotatable bonds is 2. The molecule has 2 amide bonds. The van der Waals surface area contributed by atoms with Crippen molar-refractivity contribution in [2.45, 2.75) is 63.6 Å². The van der Waals surface area contributed by atoms with Gasteiger partial charge in [0.05, 0.1) is 6.10 Å². The molecule has 3 aliphatic rings. The number of nitrogens with one attached hydrogen (secondary N) is 2. The van der Waals surface area contributed by atoms with Gasteiger partial charge in [0.25, 0.3) is 0 Å². The van der Waals surface area contributed by atoms with Crippen molar-refractivity contribution in [1.29, 1.82) is 0 Å². The third kappa shape index (κ3) is 2.15. The van der Waals surface area contributed by atoms with E-state index < -0.39 is 17.0 Å². The Kier molecular flexibility index (Phi) is 3.93. The molecule has 22 heavy (non-hydrogen) atoms. The molecule has 0 bridgehead atoms. The van der Waals surface area contributed by atoms with Crippen molar-refractivity contribution in [2.75, 3.05) is 13.2 Å². The maximum absolute atomic E-state index is 12.9. The Morgan fingerprint density at radius 2 is 2.09 bits per heavy atom. The lowest BCUT2D eigenvalue weighted by Crippen LogP contribution is -2.82. The smallest absolute Gasteiger partial charge is 0.242 e.